The zero-order valence-corrected chi connectivity index (χ0v) is 13.9. The maximum atomic E-state index is 13.8. The molecule has 0 N–H and O–H groups in total. The highest BCUT2D eigenvalue weighted by Crippen LogP contribution is 2.24. The largest absolute Gasteiger partial charge is 0.243 e. The predicted octanol–water partition coefficient (Wildman–Crippen LogP) is 3.54. The summed E-state index contributed by atoms with van der Waals surface area (Å²) in [6, 6.07) is 2.73. The van der Waals surface area contributed by atoms with Gasteiger partial charge in [0.25, 0.3) is 0 Å². The second-order valence-corrected chi connectivity index (χ2v) is 7.41. The van der Waals surface area contributed by atoms with Crippen LogP contribution < -0.4 is 0 Å². The fraction of sp³-hybridized carbons (Fsp3) is 0.571. The van der Waals surface area contributed by atoms with E-state index in [0.29, 0.717) is 12.1 Å². The maximum absolute atomic E-state index is 13.8. The lowest BCUT2D eigenvalue weighted by Gasteiger charge is -2.22. The summed E-state index contributed by atoms with van der Waals surface area (Å²) in [7, 11) is -2.18. The molecule has 0 fully saturated rings. The molecule has 20 heavy (non-hydrogen) atoms. The average Bonchev–Trinajstić information content (AvgIpc) is 2.40. The van der Waals surface area contributed by atoms with Gasteiger partial charge in [0.2, 0.25) is 10.0 Å². The van der Waals surface area contributed by atoms with E-state index in [1.807, 2.05) is 13.8 Å². The molecular weight excluding hydrogens is 301 g/mol. The highest BCUT2D eigenvalue weighted by molar-refractivity contribution is 7.89. The van der Waals surface area contributed by atoms with E-state index < -0.39 is 15.8 Å². The van der Waals surface area contributed by atoms with Crippen LogP contribution in [-0.2, 0) is 15.9 Å². The van der Waals surface area contributed by atoms with Gasteiger partial charge in [-0.15, -0.1) is 11.6 Å². The van der Waals surface area contributed by atoms with Crippen molar-refractivity contribution in [3.63, 3.8) is 0 Å². The van der Waals surface area contributed by atoms with Crippen molar-refractivity contribution >= 4 is 21.6 Å². The molecule has 0 saturated carbocycles. The SMILES string of the molecule is CCC(C)CN(C)S(=O)(=O)c1cc(CCl)cc(F)c1C. The van der Waals surface area contributed by atoms with Gasteiger partial charge in [-0.1, -0.05) is 20.3 Å². The monoisotopic (exact) mass is 321 g/mol. The summed E-state index contributed by atoms with van der Waals surface area (Å²) in [4.78, 5) is -0.000969. The Morgan fingerprint density at radius 2 is 2.00 bits per heavy atom. The van der Waals surface area contributed by atoms with Crippen molar-refractivity contribution in [1.82, 2.24) is 4.31 Å². The van der Waals surface area contributed by atoms with Crippen LogP contribution >= 0.6 is 11.6 Å². The Balaban J connectivity index is 3.24. The molecule has 0 amide bonds. The van der Waals surface area contributed by atoms with E-state index in [9.17, 15) is 12.8 Å². The van der Waals surface area contributed by atoms with Gasteiger partial charge in [0.15, 0.2) is 0 Å². The van der Waals surface area contributed by atoms with Crippen molar-refractivity contribution in [2.75, 3.05) is 13.6 Å². The summed E-state index contributed by atoms with van der Waals surface area (Å²) in [5.74, 6) is -0.218. The maximum Gasteiger partial charge on any atom is 0.243 e. The first-order valence-corrected chi connectivity index (χ1v) is 8.52. The minimum Gasteiger partial charge on any atom is -0.207 e. The van der Waals surface area contributed by atoms with Crippen LogP contribution in [0.2, 0.25) is 0 Å². The molecule has 0 aliphatic carbocycles. The molecule has 0 spiro atoms. The van der Waals surface area contributed by atoms with Crippen molar-refractivity contribution < 1.29 is 12.8 Å². The third kappa shape index (κ3) is 3.71. The first-order valence-electron chi connectivity index (χ1n) is 6.55. The Morgan fingerprint density at radius 1 is 1.40 bits per heavy atom. The van der Waals surface area contributed by atoms with Gasteiger partial charge in [0.1, 0.15) is 5.82 Å². The summed E-state index contributed by atoms with van der Waals surface area (Å²) < 4.78 is 40.2. The van der Waals surface area contributed by atoms with E-state index in [-0.39, 0.29) is 22.3 Å². The summed E-state index contributed by atoms with van der Waals surface area (Å²) in [6.45, 7) is 5.86. The van der Waals surface area contributed by atoms with Crippen molar-refractivity contribution in [3.05, 3.63) is 29.1 Å². The Hall–Kier alpha value is -0.650. The first-order chi connectivity index (χ1) is 9.23. The molecule has 0 aliphatic rings. The van der Waals surface area contributed by atoms with Crippen LogP contribution in [0.1, 0.15) is 31.4 Å². The van der Waals surface area contributed by atoms with Crippen molar-refractivity contribution in [3.8, 4) is 0 Å². The number of hydrogen-bond donors (Lipinski definition) is 0. The van der Waals surface area contributed by atoms with Crippen molar-refractivity contribution in [2.24, 2.45) is 5.92 Å². The average molecular weight is 322 g/mol. The predicted molar refractivity (Wildman–Crippen MR) is 80.0 cm³/mol. The van der Waals surface area contributed by atoms with E-state index >= 15 is 0 Å². The van der Waals surface area contributed by atoms with Crippen LogP contribution in [0.5, 0.6) is 0 Å². The van der Waals surface area contributed by atoms with E-state index in [1.165, 1.54) is 30.4 Å². The summed E-state index contributed by atoms with van der Waals surface area (Å²) in [6.07, 6.45) is 0.884. The summed E-state index contributed by atoms with van der Waals surface area (Å²) >= 11 is 5.68. The number of benzene rings is 1. The Kier molecular flexibility index (Phi) is 5.98. The molecule has 0 heterocycles. The summed E-state index contributed by atoms with van der Waals surface area (Å²) in [5, 5.41) is 0. The molecule has 3 nitrogen and oxygen atoms in total. The van der Waals surface area contributed by atoms with Crippen LogP contribution in [0.3, 0.4) is 0 Å². The Labute approximate surface area is 125 Å². The van der Waals surface area contributed by atoms with E-state index in [0.717, 1.165) is 6.42 Å². The highest BCUT2D eigenvalue weighted by atomic mass is 35.5. The zero-order valence-electron chi connectivity index (χ0n) is 12.3. The molecule has 114 valence electrons. The van der Waals surface area contributed by atoms with Gasteiger partial charge in [-0.2, -0.15) is 0 Å². The number of alkyl halides is 1. The fourth-order valence-corrected chi connectivity index (χ4v) is 3.61. The smallest absolute Gasteiger partial charge is 0.207 e. The fourth-order valence-electron chi connectivity index (χ4n) is 1.89. The second-order valence-electron chi connectivity index (χ2n) is 5.13. The lowest BCUT2D eigenvalue weighted by atomic mass is 10.1. The van der Waals surface area contributed by atoms with Gasteiger partial charge >= 0.3 is 0 Å². The quantitative estimate of drug-likeness (QED) is 0.752. The van der Waals surface area contributed by atoms with Crippen LogP contribution in [-0.4, -0.2) is 26.3 Å². The van der Waals surface area contributed by atoms with Gasteiger partial charge in [0.05, 0.1) is 4.90 Å². The van der Waals surface area contributed by atoms with Gasteiger partial charge in [-0.3, -0.25) is 0 Å². The van der Waals surface area contributed by atoms with Crippen LogP contribution in [0.25, 0.3) is 0 Å². The third-order valence-corrected chi connectivity index (χ3v) is 5.72. The van der Waals surface area contributed by atoms with E-state index in [4.69, 9.17) is 11.6 Å². The van der Waals surface area contributed by atoms with Crippen molar-refractivity contribution in [2.45, 2.75) is 38.0 Å². The molecule has 0 aromatic heterocycles. The normalized spacial score (nSPS) is 13.8. The molecule has 1 rings (SSSR count). The van der Waals surface area contributed by atoms with Crippen LogP contribution in [0.4, 0.5) is 4.39 Å². The minimum atomic E-state index is -3.70. The molecule has 1 unspecified atom stereocenters. The summed E-state index contributed by atoms with van der Waals surface area (Å²) in [5.41, 5.74) is 0.597. The molecule has 0 aliphatic heterocycles. The number of sulfonamides is 1. The van der Waals surface area contributed by atoms with Crippen LogP contribution in [0.15, 0.2) is 17.0 Å². The number of nitrogens with zero attached hydrogens (tertiary/aromatic N) is 1. The number of halogens is 2. The highest BCUT2D eigenvalue weighted by Gasteiger charge is 2.25. The Morgan fingerprint density at radius 3 is 2.50 bits per heavy atom. The second kappa shape index (κ2) is 6.87. The molecule has 1 aromatic rings. The molecule has 1 atom stereocenters. The zero-order chi connectivity index (χ0) is 15.5. The van der Waals surface area contributed by atoms with Crippen molar-refractivity contribution in [1.29, 1.82) is 0 Å². The van der Waals surface area contributed by atoms with Gasteiger partial charge in [0, 0.05) is 25.0 Å². The number of rotatable bonds is 6. The number of hydrogen-bond acceptors (Lipinski definition) is 2. The first kappa shape index (κ1) is 17.4. The standard InChI is InChI=1S/C14H21ClFNO2S/c1-5-10(2)9-17(4)20(18,19)14-7-12(8-15)6-13(16)11(14)3/h6-7,10H,5,8-9H2,1-4H3. The third-order valence-electron chi connectivity index (χ3n) is 3.46. The molecule has 6 heteroatoms. The molecule has 0 radical (unpaired) electrons. The van der Waals surface area contributed by atoms with Gasteiger partial charge < -0.3 is 0 Å². The van der Waals surface area contributed by atoms with Gasteiger partial charge in [-0.05, 0) is 30.5 Å². The molecular formula is C14H21ClFNO2S. The molecule has 0 saturated heterocycles. The van der Waals surface area contributed by atoms with Crippen LogP contribution in [0, 0.1) is 18.7 Å². The van der Waals surface area contributed by atoms with E-state index in [1.54, 1.807) is 0 Å². The Bertz CT molecular complexity index is 575. The topological polar surface area (TPSA) is 37.4 Å². The molecule has 0 bridgehead atoms. The minimum absolute atomic E-state index is 0.000969. The van der Waals surface area contributed by atoms with Gasteiger partial charge in [-0.25, -0.2) is 17.1 Å². The van der Waals surface area contributed by atoms with E-state index in [2.05, 4.69) is 0 Å². The molecule has 1 aromatic carbocycles. The lowest BCUT2D eigenvalue weighted by Crippen LogP contribution is -2.31. The lowest BCUT2D eigenvalue weighted by molar-refractivity contribution is 0.393.